The van der Waals surface area contributed by atoms with Gasteiger partial charge < -0.3 is 4.90 Å². The van der Waals surface area contributed by atoms with Gasteiger partial charge in [0.2, 0.25) is 5.91 Å². The van der Waals surface area contributed by atoms with Gasteiger partial charge in [0.05, 0.1) is 6.26 Å². The maximum absolute atomic E-state index is 11.4. The molecule has 106 valence electrons. The number of carbonyl (C=O) groups excluding carboxylic acids is 1. The molecule has 0 saturated carbocycles. The van der Waals surface area contributed by atoms with Crippen molar-refractivity contribution in [1.82, 2.24) is 4.90 Å². The second kappa shape index (κ2) is 6.68. The molecule has 6 heteroatoms. The molecule has 1 aliphatic rings. The second-order valence-corrected chi connectivity index (χ2v) is 6.10. The summed E-state index contributed by atoms with van der Waals surface area (Å²) >= 11 is 0. The number of hydrogen-bond donors (Lipinski definition) is 1. The van der Waals surface area contributed by atoms with Crippen LogP contribution in [0.4, 0.5) is 0 Å². The monoisotopic (exact) mass is 285 g/mol. The minimum absolute atomic E-state index is 0.297. The van der Waals surface area contributed by atoms with E-state index in [2.05, 4.69) is 31.2 Å². The molecule has 0 atom stereocenters. The van der Waals surface area contributed by atoms with E-state index < -0.39 is 10.1 Å². The number of likely N-dealkylation sites (tertiary alicyclic amines) is 1. The lowest BCUT2D eigenvalue weighted by Gasteiger charge is -2.15. The van der Waals surface area contributed by atoms with Crippen molar-refractivity contribution < 1.29 is 17.8 Å². The summed E-state index contributed by atoms with van der Waals surface area (Å²) in [6, 6.07) is 8.38. The van der Waals surface area contributed by atoms with Crippen LogP contribution in [0.1, 0.15) is 24.0 Å². The SMILES string of the molecule is CS(=O)(=O)O.Cc1ccc(CN2CCCC2=O)cc1. The Hall–Kier alpha value is -1.40. The number of amides is 1. The van der Waals surface area contributed by atoms with Crippen LogP contribution in [-0.4, -0.2) is 36.6 Å². The first kappa shape index (κ1) is 15.7. The maximum atomic E-state index is 11.4. The molecule has 0 unspecified atom stereocenters. The van der Waals surface area contributed by atoms with Crippen molar-refractivity contribution in [3.8, 4) is 0 Å². The van der Waals surface area contributed by atoms with E-state index in [9.17, 15) is 13.2 Å². The standard InChI is InChI=1S/C12H15NO.CH4O3S/c1-10-4-6-11(7-5-10)9-13-8-2-3-12(13)14;1-5(2,3)4/h4-7H,2-3,8-9H2,1H3;1H3,(H,2,3,4). The highest BCUT2D eigenvalue weighted by atomic mass is 32.2. The van der Waals surface area contributed by atoms with E-state index in [0.717, 1.165) is 25.9 Å². The van der Waals surface area contributed by atoms with Gasteiger partial charge in [-0.05, 0) is 18.9 Å². The molecule has 1 N–H and O–H groups in total. The lowest BCUT2D eigenvalue weighted by atomic mass is 10.1. The summed E-state index contributed by atoms with van der Waals surface area (Å²) in [6.07, 6.45) is 2.46. The predicted molar refractivity (Wildman–Crippen MR) is 73.3 cm³/mol. The van der Waals surface area contributed by atoms with Gasteiger partial charge in [-0.15, -0.1) is 0 Å². The third-order valence-corrected chi connectivity index (χ3v) is 2.67. The summed E-state index contributed by atoms with van der Waals surface area (Å²) in [5, 5.41) is 0. The van der Waals surface area contributed by atoms with Gasteiger partial charge in [0, 0.05) is 19.5 Å². The van der Waals surface area contributed by atoms with Crippen LogP contribution in [0.15, 0.2) is 24.3 Å². The molecule has 0 aromatic heterocycles. The van der Waals surface area contributed by atoms with Crippen LogP contribution >= 0.6 is 0 Å². The first-order chi connectivity index (χ1) is 8.75. The van der Waals surface area contributed by atoms with Crippen molar-refractivity contribution in [2.45, 2.75) is 26.3 Å². The average molecular weight is 285 g/mol. The Labute approximate surface area is 114 Å². The van der Waals surface area contributed by atoms with Crippen molar-refractivity contribution >= 4 is 16.0 Å². The molecule has 0 bridgehead atoms. The largest absolute Gasteiger partial charge is 0.338 e. The Morgan fingerprint density at radius 1 is 1.26 bits per heavy atom. The van der Waals surface area contributed by atoms with Crippen LogP contribution in [0.25, 0.3) is 0 Å². The van der Waals surface area contributed by atoms with Crippen molar-refractivity contribution in [3.63, 3.8) is 0 Å². The molecule has 0 spiro atoms. The molecule has 1 aromatic rings. The van der Waals surface area contributed by atoms with Crippen molar-refractivity contribution in [1.29, 1.82) is 0 Å². The number of hydrogen-bond acceptors (Lipinski definition) is 3. The Balaban J connectivity index is 0.000000312. The third kappa shape index (κ3) is 6.93. The minimum Gasteiger partial charge on any atom is -0.338 e. The van der Waals surface area contributed by atoms with Crippen LogP contribution in [0.5, 0.6) is 0 Å². The molecular weight excluding hydrogens is 266 g/mol. The summed E-state index contributed by atoms with van der Waals surface area (Å²) in [4.78, 5) is 13.3. The summed E-state index contributed by atoms with van der Waals surface area (Å²) in [6.45, 7) is 3.77. The predicted octanol–water partition coefficient (Wildman–Crippen LogP) is 1.62. The number of rotatable bonds is 2. The molecule has 0 radical (unpaired) electrons. The summed E-state index contributed by atoms with van der Waals surface area (Å²) in [5.41, 5.74) is 2.49. The highest BCUT2D eigenvalue weighted by Crippen LogP contribution is 2.14. The molecule has 1 saturated heterocycles. The summed E-state index contributed by atoms with van der Waals surface area (Å²) < 4.78 is 25.9. The summed E-state index contributed by atoms with van der Waals surface area (Å²) in [7, 11) is -3.67. The fraction of sp³-hybridized carbons (Fsp3) is 0.462. The second-order valence-electron chi connectivity index (χ2n) is 4.64. The van der Waals surface area contributed by atoms with Gasteiger partial charge in [0.1, 0.15) is 0 Å². The van der Waals surface area contributed by atoms with E-state index in [1.54, 1.807) is 0 Å². The molecule has 19 heavy (non-hydrogen) atoms. The van der Waals surface area contributed by atoms with Gasteiger partial charge in [0.15, 0.2) is 0 Å². The Morgan fingerprint density at radius 2 is 1.79 bits per heavy atom. The van der Waals surface area contributed by atoms with Gasteiger partial charge in [-0.1, -0.05) is 29.8 Å². The van der Waals surface area contributed by atoms with Crippen molar-refractivity contribution in [3.05, 3.63) is 35.4 Å². The van der Waals surface area contributed by atoms with Crippen LogP contribution in [0.2, 0.25) is 0 Å². The number of nitrogens with zero attached hydrogens (tertiary/aromatic N) is 1. The van der Waals surface area contributed by atoms with E-state index in [-0.39, 0.29) is 0 Å². The Bertz CT molecular complexity index is 514. The Morgan fingerprint density at radius 3 is 2.21 bits per heavy atom. The van der Waals surface area contributed by atoms with E-state index in [4.69, 9.17) is 4.55 Å². The van der Waals surface area contributed by atoms with Crippen molar-refractivity contribution in [2.24, 2.45) is 0 Å². The molecular formula is C13H19NO4S. The van der Waals surface area contributed by atoms with E-state index >= 15 is 0 Å². The zero-order valence-corrected chi connectivity index (χ0v) is 12.0. The molecule has 1 aliphatic heterocycles. The number of carbonyl (C=O) groups is 1. The van der Waals surface area contributed by atoms with E-state index in [1.807, 2.05) is 4.90 Å². The molecule has 5 nitrogen and oxygen atoms in total. The maximum Gasteiger partial charge on any atom is 0.261 e. The molecule has 1 amide bonds. The zero-order valence-electron chi connectivity index (χ0n) is 11.2. The van der Waals surface area contributed by atoms with Gasteiger partial charge in [-0.25, -0.2) is 0 Å². The van der Waals surface area contributed by atoms with E-state index in [1.165, 1.54) is 11.1 Å². The average Bonchev–Trinajstić information content (AvgIpc) is 2.66. The molecule has 1 heterocycles. The first-order valence-corrected chi connectivity index (χ1v) is 7.86. The van der Waals surface area contributed by atoms with Crippen molar-refractivity contribution in [2.75, 3.05) is 12.8 Å². The molecule has 1 aromatic carbocycles. The summed E-state index contributed by atoms with van der Waals surface area (Å²) in [5.74, 6) is 0.297. The quantitative estimate of drug-likeness (QED) is 0.838. The Kier molecular flexibility index (Phi) is 5.50. The lowest BCUT2D eigenvalue weighted by Crippen LogP contribution is -2.23. The zero-order chi connectivity index (χ0) is 14.5. The topological polar surface area (TPSA) is 74.7 Å². The molecule has 1 fully saturated rings. The van der Waals surface area contributed by atoms with Gasteiger partial charge in [-0.3, -0.25) is 9.35 Å². The first-order valence-electron chi connectivity index (χ1n) is 6.01. The van der Waals surface area contributed by atoms with Crippen LogP contribution in [0.3, 0.4) is 0 Å². The highest BCUT2D eigenvalue weighted by Gasteiger charge is 2.19. The van der Waals surface area contributed by atoms with E-state index in [0.29, 0.717) is 12.2 Å². The smallest absolute Gasteiger partial charge is 0.261 e. The minimum atomic E-state index is -3.67. The number of benzene rings is 1. The highest BCUT2D eigenvalue weighted by molar-refractivity contribution is 7.85. The van der Waals surface area contributed by atoms with Crippen LogP contribution < -0.4 is 0 Å². The number of aryl methyl sites for hydroxylation is 1. The fourth-order valence-electron chi connectivity index (χ4n) is 1.79. The van der Waals surface area contributed by atoms with Crippen LogP contribution in [-0.2, 0) is 21.5 Å². The molecule has 0 aliphatic carbocycles. The molecule has 2 rings (SSSR count). The third-order valence-electron chi connectivity index (χ3n) is 2.67. The van der Waals surface area contributed by atoms with Gasteiger partial charge in [-0.2, -0.15) is 8.42 Å². The fourth-order valence-corrected chi connectivity index (χ4v) is 1.79. The van der Waals surface area contributed by atoms with Gasteiger partial charge >= 0.3 is 0 Å². The van der Waals surface area contributed by atoms with Gasteiger partial charge in [0.25, 0.3) is 10.1 Å². The normalized spacial score (nSPS) is 15.1. The lowest BCUT2D eigenvalue weighted by molar-refractivity contribution is -0.128. The van der Waals surface area contributed by atoms with Crippen LogP contribution in [0, 0.1) is 6.92 Å².